The Hall–Kier alpha value is -2.34. The van der Waals surface area contributed by atoms with Crippen molar-refractivity contribution in [1.29, 1.82) is 0 Å². The predicted octanol–water partition coefficient (Wildman–Crippen LogP) is 1.43. The summed E-state index contributed by atoms with van der Waals surface area (Å²) in [6.45, 7) is 0. The van der Waals surface area contributed by atoms with Crippen LogP contribution in [0.5, 0.6) is 0 Å². The molecular formula is C14H16N4O2. The van der Waals surface area contributed by atoms with Gasteiger partial charge >= 0.3 is 0 Å². The van der Waals surface area contributed by atoms with E-state index in [4.69, 9.17) is 10.6 Å². The van der Waals surface area contributed by atoms with Crippen LogP contribution in [-0.4, -0.2) is 24.3 Å². The van der Waals surface area contributed by atoms with Gasteiger partial charge in [0.2, 0.25) is 0 Å². The number of carbonyl (C=O) groups is 1. The third-order valence-electron chi connectivity index (χ3n) is 3.75. The summed E-state index contributed by atoms with van der Waals surface area (Å²) in [4.78, 5) is 15.3. The van der Waals surface area contributed by atoms with E-state index in [1.54, 1.807) is 7.11 Å². The minimum Gasteiger partial charge on any atom is -0.377 e. The Morgan fingerprint density at radius 1 is 1.60 bits per heavy atom. The Bertz CT molecular complexity index is 690. The van der Waals surface area contributed by atoms with Gasteiger partial charge in [0.05, 0.1) is 6.10 Å². The van der Waals surface area contributed by atoms with Gasteiger partial charge in [0.25, 0.3) is 5.91 Å². The quantitative estimate of drug-likeness (QED) is 0.341. The second-order valence-electron chi connectivity index (χ2n) is 4.76. The second-order valence-corrected chi connectivity index (χ2v) is 4.76. The highest BCUT2D eigenvalue weighted by Gasteiger charge is 2.27. The zero-order chi connectivity index (χ0) is 14.1. The van der Waals surface area contributed by atoms with E-state index < -0.39 is 0 Å². The van der Waals surface area contributed by atoms with Crippen molar-refractivity contribution < 1.29 is 9.53 Å². The molecule has 1 aromatic heterocycles. The number of hydrazone groups is 1. The van der Waals surface area contributed by atoms with Crippen LogP contribution >= 0.6 is 0 Å². The van der Waals surface area contributed by atoms with E-state index in [1.807, 2.05) is 12.1 Å². The monoisotopic (exact) mass is 272 g/mol. The highest BCUT2D eigenvalue weighted by Crippen LogP contribution is 2.38. The number of amides is 1. The van der Waals surface area contributed by atoms with Gasteiger partial charge in [-0.3, -0.25) is 4.79 Å². The molecule has 0 spiro atoms. The number of nitrogens with one attached hydrogen (secondary N) is 2. The number of methoxy groups -OCH3 is 1. The molecule has 4 N–H and O–H groups in total. The van der Waals surface area contributed by atoms with Gasteiger partial charge in [-0.2, -0.15) is 5.10 Å². The lowest BCUT2D eigenvalue weighted by molar-refractivity contribution is 0.0937. The van der Waals surface area contributed by atoms with Crippen LogP contribution in [0.3, 0.4) is 0 Å². The molecule has 104 valence electrons. The number of hydrogen-bond acceptors (Lipinski definition) is 4. The zero-order valence-corrected chi connectivity index (χ0v) is 11.1. The first-order chi connectivity index (χ1) is 9.76. The molecule has 1 aliphatic rings. The van der Waals surface area contributed by atoms with Crippen LogP contribution in [0.2, 0.25) is 0 Å². The molecule has 2 aromatic rings. The van der Waals surface area contributed by atoms with Crippen molar-refractivity contribution >= 4 is 23.1 Å². The molecule has 0 radical (unpaired) electrons. The average molecular weight is 272 g/mol. The molecule has 1 atom stereocenters. The van der Waals surface area contributed by atoms with E-state index in [2.05, 4.69) is 21.5 Å². The fourth-order valence-corrected chi connectivity index (χ4v) is 2.90. The molecule has 0 fully saturated rings. The van der Waals surface area contributed by atoms with Crippen LogP contribution in [0.15, 0.2) is 23.3 Å². The third-order valence-corrected chi connectivity index (χ3v) is 3.75. The Kier molecular flexibility index (Phi) is 3.15. The van der Waals surface area contributed by atoms with E-state index in [1.165, 1.54) is 6.34 Å². The molecule has 6 heteroatoms. The minimum absolute atomic E-state index is 0.0866. The maximum atomic E-state index is 12.1. The highest BCUT2D eigenvalue weighted by molar-refractivity contribution is 6.05. The summed E-state index contributed by atoms with van der Waals surface area (Å²) < 4.78 is 5.52. The number of carbonyl (C=O) groups excluding carboxylic acids is 1. The van der Waals surface area contributed by atoms with Gasteiger partial charge in [-0.25, -0.2) is 0 Å². The Morgan fingerprint density at radius 2 is 2.45 bits per heavy atom. The number of ether oxygens (including phenoxy) is 1. The van der Waals surface area contributed by atoms with E-state index in [0.717, 1.165) is 34.9 Å². The SMILES string of the molecule is COC1CCc2c(C(=O)NC=NN)[nH]c3cccc1c23. The molecular weight excluding hydrogens is 256 g/mol. The molecule has 0 saturated carbocycles. The number of aromatic nitrogens is 1. The van der Waals surface area contributed by atoms with Crippen LogP contribution < -0.4 is 11.2 Å². The summed E-state index contributed by atoms with van der Waals surface area (Å²) in [6.07, 6.45) is 2.94. The Morgan fingerprint density at radius 3 is 3.20 bits per heavy atom. The maximum Gasteiger partial charge on any atom is 0.273 e. The van der Waals surface area contributed by atoms with Crippen molar-refractivity contribution in [3.05, 3.63) is 35.0 Å². The smallest absolute Gasteiger partial charge is 0.273 e. The topological polar surface area (TPSA) is 92.5 Å². The summed E-state index contributed by atoms with van der Waals surface area (Å²) in [5, 5.41) is 6.91. The predicted molar refractivity (Wildman–Crippen MR) is 76.5 cm³/mol. The van der Waals surface area contributed by atoms with E-state index in [0.29, 0.717) is 5.69 Å². The average Bonchev–Trinajstić information content (AvgIpc) is 2.86. The standard InChI is InChI=1S/C14H16N4O2/c1-20-11-6-5-9-12-8(11)3-2-4-10(12)18-13(9)14(19)16-7-17-15/h2-4,7,11,18H,5-6,15H2,1H3,(H,16,17,19). The number of hydrogen-bond donors (Lipinski definition) is 3. The largest absolute Gasteiger partial charge is 0.377 e. The maximum absolute atomic E-state index is 12.1. The van der Waals surface area contributed by atoms with Crippen molar-refractivity contribution in [3.8, 4) is 0 Å². The van der Waals surface area contributed by atoms with Crippen LogP contribution in [0, 0.1) is 0 Å². The zero-order valence-electron chi connectivity index (χ0n) is 11.1. The molecule has 1 aliphatic carbocycles. The van der Waals surface area contributed by atoms with Crippen molar-refractivity contribution in [2.45, 2.75) is 18.9 Å². The molecule has 0 bridgehead atoms. The Balaban J connectivity index is 2.14. The van der Waals surface area contributed by atoms with E-state index >= 15 is 0 Å². The first kappa shape index (κ1) is 12.7. The number of nitrogens with two attached hydrogens (primary N) is 1. The minimum atomic E-state index is -0.229. The van der Waals surface area contributed by atoms with Crippen LogP contribution in [-0.2, 0) is 11.2 Å². The summed E-state index contributed by atoms with van der Waals surface area (Å²) in [7, 11) is 1.71. The number of H-pyrrole nitrogens is 1. The van der Waals surface area contributed by atoms with Crippen LogP contribution in [0.25, 0.3) is 10.9 Å². The number of aryl methyl sites for hydroxylation is 1. The Labute approximate surface area is 116 Å². The van der Waals surface area contributed by atoms with Gasteiger partial charge < -0.3 is 20.9 Å². The number of rotatable bonds is 3. The van der Waals surface area contributed by atoms with Crippen molar-refractivity contribution in [1.82, 2.24) is 10.3 Å². The summed E-state index contributed by atoms with van der Waals surface area (Å²) in [5.41, 5.74) is 3.69. The molecule has 1 amide bonds. The van der Waals surface area contributed by atoms with Gasteiger partial charge in [0.15, 0.2) is 0 Å². The molecule has 0 saturated heterocycles. The number of aromatic amines is 1. The lowest BCUT2D eigenvalue weighted by Gasteiger charge is -2.22. The first-order valence-corrected chi connectivity index (χ1v) is 6.45. The molecule has 1 aromatic carbocycles. The molecule has 3 rings (SSSR count). The van der Waals surface area contributed by atoms with Crippen LogP contribution in [0.1, 0.15) is 34.1 Å². The van der Waals surface area contributed by atoms with Crippen molar-refractivity contribution in [2.24, 2.45) is 10.9 Å². The van der Waals surface area contributed by atoms with Gasteiger partial charge in [-0.1, -0.05) is 12.1 Å². The van der Waals surface area contributed by atoms with Crippen molar-refractivity contribution in [3.63, 3.8) is 0 Å². The summed E-state index contributed by atoms with van der Waals surface area (Å²) in [5.74, 6) is 4.77. The van der Waals surface area contributed by atoms with Crippen LogP contribution in [0.4, 0.5) is 0 Å². The lowest BCUT2D eigenvalue weighted by Crippen LogP contribution is -2.24. The summed E-state index contributed by atoms with van der Waals surface area (Å²) in [6, 6.07) is 5.99. The highest BCUT2D eigenvalue weighted by atomic mass is 16.5. The third kappa shape index (κ3) is 1.85. The van der Waals surface area contributed by atoms with Gasteiger partial charge in [-0.05, 0) is 30.0 Å². The molecule has 20 heavy (non-hydrogen) atoms. The molecule has 1 unspecified atom stereocenters. The summed E-state index contributed by atoms with van der Waals surface area (Å²) >= 11 is 0. The van der Waals surface area contributed by atoms with Gasteiger partial charge in [-0.15, -0.1) is 0 Å². The molecule has 1 heterocycles. The first-order valence-electron chi connectivity index (χ1n) is 6.45. The number of nitrogens with zero attached hydrogens (tertiary/aromatic N) is 1. The van der Waals surface area contributed by atoms with E-state index in [9.17, 15) is 4.79 Å². The van der Waals surface area contributed by atoms with Gasteiger partial charge in [0.1, 0.15) is 12.0 Å². The molecule has 0 aliphatic heterocycles. The normalized spacial score (nSPS) is 17.8. The van der Waals surface area contributed by atoms with Gasteiger partial charge in [0, 0.05) is 18.0 Å². The second kappa shape index (κ2) is 4.97. The number of benzene rings is 1. The lowest BCUT2D eigenvalue weighted by atomic mass is 9.89. The fourth-order valence-electron chi connectivity index (χ4n) is 2.90. The van der Waals surface area contributed by atoms with Crippen molar-refractivity contribution in [2.75, 3.05) is 7.11 Å². The fraction of sp³-hybridized carbons (Fsp3) is 0.286. The van der Waals surface area contributed by atoms with E-state index in [-0.39, 0.29) is 12.0 Å². The molecule has 6 nitrogen and oxygen atoms in total.